The van der Waals surface area contributed by atoms with Gasteiger partial charge >= 0.3 is 0 Å². The molecule has 0 radical (unpaired) electrons. The molecule has 134 valence electrons. The molecule has 2 aromatic heterocycles. The number of hydrogen-bond acceptors (Lipinski definition) is 5. The maximum Gasteiger partial charge on any atom is 0.275 e. The molecule has 0 aliphatic rings. The Morgan fingerprint density at radius 2 is 2.08 bits per heavy atom. The lowest BCUT2D eigenvalue weighted by molar-refractivity contribution is -0.121. The molecular formula is C19H20N4O2S. The molecular weight excluding hydrogens is 348 g/mol. The molecule has 3 rings (SSSR count). The van der Waals surface area contributed by atoms with E-state index in [0.717, 1.165) is 17.3 Å². The van der Waals surface area contributed by atoms with Crippen molar-refractivity contribution < 1.29 is 9.59 Å². The summed E-state index contributed by atoms with van der Waals surface area (Å²) >= 11 is 1.36. The average Bonchev–Trinajstić information content (AvgIpc) is 3.12. The largest absolute Gasteiger partial charge is 0.347 e. The lowest BCUT2D eigenvalue weighted by Gasteiger charge is -2.10. The van der Waals surface area contributed by atoms with Gasteiger partial charge in [0.25, 0.3) is 5.91 Å². The van der Waals surface area contributed by atoms with Crippen LogP contribution in [0.4, 0.5) is 5.69 Å². The van der Waals surface area contributed by atoms with Gasteiger partial charge in [-0.25, -0.2) is 4.98 Å². The van der Waals surface area contributed by atoms with Gasteiger partial charge in [-0.3, -0.25) is 14.6 Å². The molecule has 0 saturated heterocycles. The van der Waals surface area contributed by atoms with Crippen molar-refractivity contribution in [2.75, 3.05) is 5.32 Å². The molecule has 1 atom stereocenters. The number of carbonyl (C=O) groups is 2. The summed E-state index contributed by atoms with van der Waals surface area (Å²) in [5, 5.41) is 9.07. The van der Waals surface area contributed by atoms with E-state index in [1.807, 2.05) is 44.2 Å². The summed E-state index contributed by atoms with van der Waals surface area (Å²) < 4.78 is 0. The van der Waals surface area contributed by atoms with Gasteiger partial charge in [-0.15, -0.1) is 11.3 Å². The van der Waals surface area contributed by atoms with Crippen LogP contribution in [-0.4, -0.2) is 21.8 Å². The number of hydrogen-bond donors (Lipinski definition) is 2. The third-order valence-electron chi connectivity index (χ3n) is 3.87. The summed E-state index contributed by atoms with van der Waals surface area (Å²) in [6.45, 7) is 3.82. The number of aromatic nitrogens is 2. The van der Waals surface area contributed by atoms with Crippen LogP contribution in [-0.2, 0) is 4.79 Å². The van der Waals surface area contributed by atoms with E-state index in [9.17, 15) is 9.59 Å². The van der Waals surface area contributed by atoms with Crippen LogP contribution in [0.3, 0.4) is 0 Å². The lowest BCUT2D eigenvalue weighted by atomic mass is 10.2. The number of rotatable bonds is 6. The topological polar surface area (TPSA) is 84.0 Å². The van der Waals surface area contributed by atoms with E-state index < -0.39 is 0 Å². The number of fused-ring (bicyclic) bond motifs is 1. The van der Waals surface area contributed by atoms with E-state index in [2.05, 4.69) is 20.6 Å². The number of nitrogens with one attached hydrogen (secondary N) is 2. The van der Waals surface area contributed by atoms with Crippen molar-refractivity contribution in [3.63, 3.8) is 0 Å². The van der Waals surface area contributed by atoms with Crippen molar-refractivity contribution >= 4 is 39.7 Å². The lowest BCUT2D eigenvalue weighted by Crippen LogP contribution is -2.26. The fraction of sp³-hybridized carbons (Fsp3) is 0.263. The van der Waals surface area contributed by atoms with Gasteiger partial charge in [-0.05, 0) is 37.6 Å². The first-order valence-corrected chi connectivity index (χ1v) is 9.36. The Hall–Kier alpha value is -2.80. The fourth-order valence-corrected chi connectivity index (χ4v) is 3.40. The molecule has 6 nitrogen and oxygen atoms in total. The van der Waals surface area contributed by atoms with Crippen LogP contribution in [0, 0.1) is 0 Å². The Balaban J connectivity index is 1.73. The Morgan fingerprint density at radius 1 is 1.23 bits per heavy atom. The van der Waals surface area contributed by atoms with Gasteiger partial charge in [0, 0.05) is 23.4 Å². The Kier molecular flexibility index (Phi) is 5.58. The van der Waals surface area contributed by atoms with Gasteiger partial charge < -0.3 is 10.6 Å². The molecule has 0 bridgehead atoms. The predicted octanol–water partition coefficient (Wildman–Crippen LogP) is 3.92. The van der Waals surface area contributed by atoms with Gasteiger partial charge in [0.05, 0.1) is 17.2 Å². The minimum absolute atomic E-state index is 0.00976. The summed E-state index contributed by atoms with van der Waals surface area (Å²) in [7, 11) is 0. The highest BCUT2D eigenvalue weighted by molar-refractivity contribution is 7.09. The second kappa shape index (κ2) is 8.05. The molecule has 1 aromatic carbocycles. The van der Waals surface area contributed by atoms with Crippen LogP contribution in [0.2, 0.25) is 0 Å². The highest BCUT2D eigenvalue weighted by Crippen LogP contribution is 2.23. The summed E-state index contributed by atoms with van der Waals surface area (Å²) in [5.41, 5.74) is 1.85. The molecule has 0 saturated carbocycles. The Bertz CT molecular complexity index is 933. The maximum atomic E-state index is 12.5. The third kappa shape index (κ3) is 4.05. The predicted molar refractivity (Wildman–Crippen MR) is 103 cm³/mol. The Labute approximate surface area is 155 Å². The van der Waals surface area contributed by atoms with Crippen molar-refractivity contribution in [1.82, 2.24) is 15.3 Å². The number of carbonyl (C=O) groups excluding carboxylic acids is 2. The Morgan fingerprint density at radius 3 is 2.88 bits per heavy atom. The molecule has 0 unspecified atom stereocenters. The molecule has 2 N–H and O–H groups in total. The number of benzene rings is 1. The SMILES string of the molecule is CCCC(=O)N[C@@H](C)c1nc(C(=O)Nc2cccc3ncccc23)cs1. The van der Waals surface area contributed by atoms with Gasteiger partial charge in [0.1, 0.15) is 10.7 Å². The van der Waals surface area contributed by atoms with Crippen LogP contribution in [0.25, 0.3) is 10.9 Å². The summed E-state index contributed by atoms with van der Waals surface area (Å²) in [6.07, 6.45) is 3.00. The first-order valence-electron chi connectivity index (χ1n) is 8.48. The summed E-state index contributed by atoms with van der Waals surface area (Å²) in [6, 6.07) is 9.11. The summed E-state index contributed by atoms with van der Waals surface area (Å²) in [5.74, 6) is -0.291. The smallest absolute Gasteiger partial charge is 0.275 e. The van der Waals surface area contributed by atoms with Crippen LogP contribution in [0.5, 0.6) is 0 Å². The highest BCUT2D eigenvalue weighted by atomic mass is 32.1. The minimum atomic E-state index is -0.282. The standard InChI is InChI=1S/C19H20N4O2S/c1-3-6-17(24)21-12(2)19-23-16(11-26-19)18(25)22-15-9-4-8-14-13(15)7-5-10-20-14/h4-5,7-12H,3,6H2,1-2H3,(H,21,24)(H,22,25)/t12-/m0/s1. The zero-order chi connectivity index (χ0) is 18.5. The molecule has 0 aliphatic carbocycles. The van der Waals surface area contributed by atoms with E-state index in [1.54, 1.807) is 11.6 Å². The van der Waals surface area contributed by atoms with Gasteiger partial charge in [-0.1, -0.05) is 13.0 Å². The van der Waals surface area contributed by atoms with Crippen molar-refractivity contribution in [1.29, 1.82) is 0 Å². The molecule has 7 heteroatoms. The molecule has 2 heterocycles. The van der Waals surface area contributed by atoms with E-state index in [1.165, 1.54) is 11.3 Å². The first kappa shape index (κ1) is 18.0. The normalized spacial score (nSPS) is 11.9. The molecule has 26 heavy (non-hydrogen) atoms. The van der Waals surface area contributed by atoms with E-state index in [-0.39, 0.29) is 17.9 Å². The number of anilines is 1. The van der Waals surface area contributed by atoms with Gasteiger partial charge in [0.15, 0.2) is 0 Å². The molecule has 0 fully saturated rings. The number of pyridine rings is 1. The molecule has 3 aromatic rings. The third-order valence-corrected chi connectivity index (χ3v) is 4.90. The average molecular weight is 368 g/mol. The first-order chi connectivity index (χ1) is 12.6. The zero-order valence-electron chi connectivity index (χ0n) is 14.7. The van der Waals surface area contributed by atoms with Crippen LogP contribution >= 0.6 is 11.3 Å². The van der Waals surface area contributed by atoms with Crippen LogP contribution in [0.1, 0.15) is 48.2 Å². The van der Waals surface area contributed by atoms with Crippen molar-refractivity contribution in [2.45, 2.75) is 32.7 Å². The molecule has 0 spiro atoms. The fourth-order valence-electron chi connectivity index (χ4n) is 2.59. The second-order valence-electron chi connectivity index (χ2n) is 5.94. The summed E-state index contributed by atoms with van der Waals surface area (Å²) in [4.78, 5) is 32.9. The molecule has 2 amide bonds. The van der Waals surface area contributed by atoms with E-state index in [4.69, 9.17) is 0 Å². The quantitative estimate of drug-likeness (QED) is 0.691. The van der Waals surface area contributed by atoms with Crippen molar-refractivity contribution in [3.8, 4) is 0 Å². The highest BCUT2D eigenvalue weighted by Gasteiger charge is 2.17. The van der Waals surface area contributed by atoms with Crippen molar-refractivity contribution in [2.24, 2.45) is 0 Å². The van der Waals surface area contributed by atoms with Crippen LogP contribution < -0.4 is 10.6 Å². The number of nitrogens with zero attached hydrogens (tertiary/aromatic N) is 2. The zero-order valence-corrected chi connectivity index (χ0v) is 15.5. The van der Waals surface area contributed by atoms with Crippen LogP contribution in [0.15, 0.2) is 41.9 Å². The number of amides is 2. The minimum Gasteiger partial charge on any atom is -0.347 e. The monoisotopic (exact) mass is 368 g/mol. The van der Waals surface area contributed by atoms with Crippen molar-refractivity contribution in [3.05, 3.63) is 52.6 Å². The van der Waals surface area contributed by atoms with E-state index >= 15 is 0 Å². The second-order valence-corrected chi connectivity index (χ2v) is 6.83. The molecule has 0 aliphatic heterocycles. The number of thiazole rings is 1. The van der Waals surface area contributed by atoms with Gasteiger partial charge in [-0.2, -0.15) is 0 Å². The van der Waals surface area contributed by atoms with Gasteiger partial charge in [0.2, 0.25) is 5.91 Å². The maximum absolute atomic E-state index is 12.5. The van der Waals surface area contributed by atoms with E-state index in [0.29, 0.717) is 22.8 Å².